The lowest BCUT2D eigenvalue weighted by molar-refractivity contribution is -0.139. The van der Waals surface area contributed by atoms with E-state index in [1.165, 1.54) is 42.3 Å². The number of amides is 2. The van der Waals surface area contributed by atoms with E-state index in [9.17, 15) is 18.0 Å². The van der Waals surface area contributed by atoms with Gasteiger partial charge in [-0.2, -0.15) is 0 Å². The molecule has 0 spiro atoms. The van der Waals surface area contributed by atoms with E-state index in [2.05, 4.69) is 5.32 Å². The van der Waals surface area contributed by atoms with Crippen molar-refractivity contribution in [2.24, 2.45) is 0 Å². The molecule has 3 aromatic rings. The number of sulfonamides is 1. The highest BCUT2D eigenvalue weighted by Crippen LogP contribution is 2.33. The molecule has 0 aliphatic carbocycles. The quantitative estimate of drug-likeness (QED) is 0.314. The van der Waals surface area contributed by atoms with Gasteiger partial charge in [-0.1, -0.05) is 60.5 Å². The second-order valence-corrected chi connectivity index (χ2v) is 11.5. The van der Waals surface area contributed by atoms with E-state index in [0.29, 0.717) is 22.9 Å². The fourth-order valence-electron chi connectivity index (χ4n) is 3.86. The Bertz CT molecular complexity index is 1400. The van der Waals surface area contributed by atoms with Gasteiger partial charge in [0.25, 0.3) is 10.0 Å². The van der Waals surface area contributed by atoms with E-state index in [4.69, 9.17) is 27.9 Å². The molecule has 0 aromatic heterocycles. The zero-order valence-corrected chi connectivity index (χ0v) is 24.3. The lowest BCUT2D eigenvalue weighted by Gasteiger charge is -2.32. The van der Waals surface area contributed by atoms with E-state index in [1.807, 2.05) is 6.92 Å². The molecule has 0 saturated heterocycles. The van der Waals surface area contributed by atoms with E-state index < -0.39 is 28.5 Å². The first-order chi connectivity index (χ1) is 18.6. The number of nitrogens with one attached hydrogen (secondary N) is 1. The number of hydrogen-bond donors (Lipinski definition) is 1. The number of ether oxygens (including phenoxy) is 1. The van der Waals surface area contributed by atoms with Gasteiger partial charge in [0.2, 0.25) is 11.8 Å². The Morgan fingerprint density at radius 2 is 1.72 bits per heavy atom. The molecule has 2 amide bonds. The van der Waals surface area contributed by atoms with Gasteiger partial charge < -0.3 is 15.0 Å². The predicted molar refractivity (Wildman–Crippen MR) is 154 cm³/mol. The van der Waals surface area contributed by atoms with Gasteiger partial charge in [0, 0.05) is 18.1 Å². The van der Waals surface area contributed by atoms with Gasteiger partial charge in [-0.25, -0.2) is 8.42 Å². The van der Waals surface area contributed by atoms with Crippen LogP contribution in [0.25, 0.3) is 0 Å². The van der Waals surface area contributed by atoms with Crippen molar-refractivity contribution in [3.63, 3.8) is 0 Å². The molecule has 11 heteroatoms. The van der Waals surface area contributed by atoms with Gasteiger partial charge in [0.15, 0.2) is 0 Å². The highest BCUT2D eigenvalue weighted by Gasteiger charge is 2.33. The van der Waals surface area contributed by atoms with Crippen LogP contribution >= 0.6 is 23.2 Å². The maximum Gasteiger partial charge on any atom is 0.264 e. The summed E-state index contributed by atoms with van der Waals surface area (Å²) in [7, 11) is -2.69. The maximum atomic E-state index is 13.9. The molecule has 0 aliphatic heterocycles. The number of methoxy groups -OCH3 is 1. The lowest BCUT2D eigenvalue weighted by Crippen LogP contribution is -2.51. The summed E-state index contributed by atoms with van der Waals surface area (Å²) in [5.41, 5.74) is 0.794. The molecule has 0 unspecified atom stereocenters. The molecule has 8 nitrogen and oxygen atoms in total. The van der Waals surface area contributed by atoms with Crippen LogP contribution in [-0.4, -0.2) is 51.4 Å². The van der Waals surface area contributed by atoms with Crippen LogP contribution in [0, 0.1) is 0 Å². The zero-order valence-electron chi connectivity index (χ0n) is 21.9. The lowest BCUT2D eigenvalue weighted by atomic mass is 10.1. The number of carbonyl (C=O) groups is 2. The standard InChI is InChI=1S/C28H31Cl2N3O5S/c1-4-15-31-28(35)20(2)32(18-21-9-8-10-23(16-21)38-3)27(34)19-33(26-14-13-22(29)17-25(26)30)39(36,37)24-11-6-5-7-12-24/h5-14,16-17,20H,4,15,18-19H2,1-3H3,(H,31,35)/t20-/m1/s1. The third-order valence-corrected chi connectivity index (χ3v) is 8.30. The van der Waals surface area contributed by atoms with E-state index in [-0.39, 0.29) is 28.1 Å². The smallest absolute Gasteiger partial charge is 0.264 e. The summed E-state index contributed by atoms with van der Waals surface area (Å²) >= 11 is 12.5. The van der Waals surface area contributed by atoms with Crippen molar-refractivity contribution < 1.29 is 22.7 Å². The molecule has 0 heterocycles. The molecule has 3 rings (SSSR count). The van der Waals surface area contributed by atoms with Crippen molar-refractivity contribution >= 4 is 50.7 Å². The fraction of sp³-hybridized carbons (Fsp3) is 0.286. The van der Waals surface area contributed by atoms with Crippen LogP contribution in [0.4, 0.5) is 5.69 Å². The minimum atomic E-state index is -4.22. The molecule has 39 heavy (non-hydrogen) atoms. The number of halogens is 2. The Morgan fingerprint density at radius 1 is 1.00 bits per heavy atom. The molecule has 0 fully saturated rings. The fourth-order valence-corrected chi connectivity index (χ4v) is 5.88. The molecule has 0 bridgehead atoms. The second-order valence-electron chi connectivity index (χ2n) is 8.76. The van der Waals surface area contributed by atoms with Gasteiger partial charge in [-0.3, -0.25) is 13.9 Å². The van der Waals surface area contributed by atoms with Gasteiger partial charge in [0.05, 0.1) is 22.7 Å². The number of rotatable bonds is 12. The van der Waals surface area contributed by atoms with Crippen LogP contribution in [0.15, 0.2) is 77.7 Å². The largest absolute Gasteiger partial charge is 0.497 e. The predicted octanol–water partition coefficient (Wildman–Crippen LogP) is 5.14. The molecular weight excluding hydrogens is 561 g/mol. The molecule has 208 valence electrons. The van der Waals surface area contributed by atoms with Crippen molar-refractivity contribution in [3.05, 3.63) is 88.4 Å². The normalized spacial score (nSPS) is 11.9. The summed E-state index contributed by atoms with van der Waals surface area (Å²) in [6.07, 6.45) is 0.723. The minimum Gasteiger partial charge on any atom is -0.497 e. The molecular formula is C28H31Cl2N3O5S. The first kappa shape index (κ1) is 30.3. The maximum absolute atomic E-state index is 13.9. The second kappa shape index (κ2) is 13.7. The topological polar surface area (TPSA) is 96.0 Å². The van der Waals surface area contributed by atoms with Crippen LogP contribution < -0.4 is 14.4 Å². The summed E-state index contributed by atoms with van der Waals surface area (Å²) in [6.45, 7) is 3.41. The number of anilines is 1. The van der Waals surface area contributed by atoms with Gasteiger partial charge in [0.1, 0.15) is 18.3 Å². The zero-order chi connectivity index (χ0) is 28.6. The first-order valence-electron chi connectivity index (χ1n) is 12.3. The molecule has 0 aliphatic rings. The monoisotopic (exact) mass is 591 g/mol. The number of hydrogen-bond acceptors (Lipinski definition) is 5. The van der Waals surface area contributed by atoms with Crippen molar-refractivity contribution in [1.29, 1.82) is 0 Å². The Balaban J connectivity index is 2.05. The van der Waals surface area contributed by atoms with Gasteiger partial charge >= 0.3 is 0 Å². The molecule has 1 N–H and O–H groups in total. The van der Waals surface area contributed by atoms with Crippen molar-refractivity contribution in [1.82, 2.24) is 10.2 Å². The summed E-state index contributed by atoms with van der Waals surface area (Å²) in [5, 5.41) is 3.18. The summed E-state index contributed by atoms with van der Waals surface area (Å²) in [5.74, 6) is -0.359. The average molecular weight is 593 g/mol. The van der Waals surface area contributed by atoms with Crippen molar-refractivity contribution in [3.8, 4) is 5.75 Å². The molecule has 0 radical (unpaired) electrons. The highest BCUT2D eigenvalue weighted by molar-refractivity contribution is 7.92. The van der Waals surface area contributed by atoms with Crippen LogP contribution in [0.2, 0.25) is 10.0 Å². The van der Waals surface area contributed by atoms with E-state index in [0.717, 1.165) is 10.7 Å². The van der Waals surface area contributed by atoms with Crippen molar-refractivity contribution in [2.75, 3.05) is 24.5 Å². The van der Waals surface area contributed by atoms with E-state index in [1.54, 1.807) is 49.4 Å². The van der Waals surface area contributed by atoms with Gasteiger partial charge in [-0.05, 0) is 61.4 Å². The van der Waals surface area contributed by atoms with Crippen molar-refractivity contribution in [2.45, 2.75) is 37.8 Å². The Labute approximate surface area is 239 Å². The van der Waals surface area contributed by atoms with Gasteiger partial charge in [-0.15, -0.1) is 0 Å². The molecule has 0 saturated carbocycles. The number of nitrogens with zero attached hydrogens (tertiary/aromatic N) is 2. The number of benzene rings is 3. The van der Waals surface area contributed by atoms with E-state index >= 15 is 0 Å². The minimum absolute atomic E-state index is 0.0168. The molecule has 1 atom stereocenters. The Hall–Kier alpha value is -3.27. The van der Waals surface area contributed by atoms with Crippen LogP contribution in [0.1, 0.15) is 25.8 Å². The van der Waals surface area contributed by atoms with Crippen LogP contribution in [0.3, 0.4) is 0 Å². The first-order valence-corrected chi connectivity index (χ1v) is 14.5. The highest BCUT2D eigenvalue weighted by atomic mass is 35.5. The molecule has 3 aromatic carbocycles. The Morgan fingerprint density at radius 3 is 2.36 bits per heavy atom. The average Bonchev–Trinajstić information content (AvgIpc) is 2.93. The third-order valence-electron chi connectivity index (χ3n) is 5.99. The summed E-state index contributed by atoms with van der Waals surface area (Å²) in [4.78, 5) is 28.2. The summed E-state index contributed by atoms with van der Waals surface area (Å²) in [6, 6.07) is 18.3. The Kier molecular flexibility index (Phi) is 10.6. The number of carbonyl (C=O) groups excluding carboxylic acids is 2. The van der Waals surface area contributed by atoms with Crippen LogP contribution in [-0.2, 0) is 26.2 Å². The third kappa shape index (κ3) is 7.65. The SMILES string of the molecule is CCCNC(=O)[C@@H](C)N(Cc1cccc(OC)c1)C(=O)CN(c1ccc(Cl)cc1Cl)S(=O)(=O)c1ccccc1. The van der Waals surface area contributed by atoms with Crippen LogP contribution in [0.5, 0.6) is 5.75 Å². The summed E-state index contributed by atoms with van der Waals surface area (Å²) < 4.78 is 33.8.